The number of nitrogens with zero attached hydrogens (tertiary/aromatic N) is 4. The van der Waals surface area contributed by atoms with Crippen LogP contribution in [0.1, 0.15) is 34.1 Å². The lowest BCUT2D eigenvalue weighted by Gasteiger charge is -2.17. The van der Waals surface area contributed by atoms with Gasteiger partial charge >= 0.3 is 12.4 Å². The Balaban J connectivity index is 2.15. The highest BCUT2D eigenvalue weighted by Gasteiger charge is 2.35. The van der Waals surface area contributed by atoms with Crippen LogP contribution in [0, 0.1) is 0 Å². The van der Waals surface area contributed by atoms with E-state index in [9.17, 15) is 26.3 Å². The molecule has 27 heavy (non-hydrogen) atoms. The van der Waals surface area contributed by atoms with Crippen LogP contribution in [-0.4, -0.2) is 25.6 Å². The van der Waals surface area contributed by atoms with Crippen LogP contribution in [0.4, 0.5) is 26.3 Å². The maximum absolute atomic E-state index is 13.0. The summed E-state index contributed by atoms with van der Waals surface area (Å²) in [6, 6.07) is 4.83. The van der Waals surface area contributed by atoms with Crippen LogP contribution in [0.25, 0.3) is 0 Å². The maximum Gasteiger partial charge on any atom is 0.417 e. The lowest BCUT2D eigenvalue weighted by molar-refractivity contribution is -0.138. The standard InChI is InChI=1S/C15H8ClF6N5/c16-10-5-9(15(20,21)22)6-23-12(10)11(13-24-26-27-25-13)7-2-1-3-8(4-7)14(17,18)19/h1-6,11H,(H,24,25,26,27). The topological polar surface area (TPSA) is 67.3 Å². The molecule has 12 heteroatoms. The monoisotopic (exact) mass is 407 g/mol. The Labute approximate surface area is 152 Å². The molecule has 142 valence electrons. The zero-order chi connectivity index (χ0) is 19.8. The van der Waals surface area contributed by atoms with E-state index in [0.717, 1.165) is 18.2 Å². The summed E-state index contributed by atoms with van der Waals surface area (Å²) in [5.41, 5.74) is -2.13. The summed E-state index contributed by atoms with van der Waals surface area (Å²) in [6.45, 7) is 0. The lowest BCUT2D eigenvalue weighted by atomic mass is 9.92. The number of aromatic amines is 1. The summed E-state index contributed by atoms with van der Waals surface area (Å²) in [5.74, 6) is -1.25. The zero-order valence-corrected chi connectivity index (χ0v) is 13.7. The van der Waals surface area contributed by atoms with Crippen molar-refractivity contribution in [3.8, 4) is 0 Å². The van der Waals surface area contributed by atoms with Gasteiger partial charge in [-0.15, -0.1) is 10.2 Å². The molecule has 0 aliphatic heterocycles. The van der Waals surface area contributed by atoms with Crippen molar-refractivity contribution in [1.29, 1.82) is 0 Å². The number of halogens is 7. The Kier molecular flexibility index (Phi) is 4.81. The predicted molar refractivity (Wildman–Crippen MR) is 80.8 cm³/mol. The van der Waals surface area contributed by atoms with E-state index < -0.39 is 34.4 Å². The van der Waals surface area contributed by atoms with Crippen molar-refractivity contribution in [1.82, 2.24) is 25.6 Å². The van der Waals surface area contributed by atoms with Gasteiger partial charge in [0.05, 0.1) is 27.8 Å². The van der Waals surface area contributed by atoms with Gasteiger partial charge in [0, 0.05) is 6.20 Å². The fourth-order valence-corrected chi connectivity index (χ4v) is 2.71. The van der Waals surface area contributed by atoms with E-state index in [2.05, 4.69) is 25.6 Å². The molecule has 1 aromatic carbocycles. The number of nitrogens with one attached hydrogen (secondary N) is 1. The Bertz CT molecular complexity index is 939. The molecule has 0 saturated heterocycles. The molecule has 0 spiro atoms. The van der Waals surface area contributed by atoms with Crippen LogP contribution >= 0.6 is 11.6 Å². The number of benzene rings is 1. The van der Waals surface area contributed by atoms with E-state index in [4.69, 9.17) is 11.6 Å². The van der Waals surface area contributed by atoms with Gasteiger partial charge in [-0.3, -0.25) is 4.98 Å². The van der Waals surface area contributed by atoms with Crippen molar-refractivity contribution in [3.05, 3.63) is 69.8 Å². The highest BCUT2D eigenvalue weighted by molar-refractivity contribution is 6.31. The SMILES string of the molecule is FC(F)(F)c1cccc(C(c2nn[nH]n2)c2ncc(C(F)(F)F)cc2Cl)c1. The first-order valence-electron chi connectivity index (χ1n) is 7.20. The van der Waals surface area contributed by atoms with E-state index in [1.54, 1.807) is 0 Å². The first-order valence-corrected chi connectivity index (χ1v) is 7.58. The highest BCUT2D eigenvalue weighted by atomic mass is 35.5. The molecule has 0 aliphatic carbocycles. The third-order valence-corrected chi connectivity index (χ3v) is 3.94. The molecular formula is C15H8ClF6N5. The van der Waals surface area contributed by atoms with Crippen molar-refractivity contribution in [2.75, 3.05) is 0 Å². The number of alkyl halides is 6. The van der Waals surface area contributed by atoms with Crippen LogP contribution in [0.3, 0.4) is 0 Å². The summed E-state index contributed by atoms with van der Waals surface area (Å²) < 4.78 is 77.5. The van der Waals surface area contributed by atoms with Crippen molar-refractivity contribution < 1.29 is 26.3 Å². The first kappa shape index (κ1) is 19.1. The lowest BCUT2D eigenvalue weighted by Crippen LogP contribution is -2.13. The maximum atomic E-state index is 13.0. The number of hydrogen-bond donors (Lipinski definition) is 1. The molecule has 3 rings (SSSR count). The molecule has 1 unspecified atom stereocenters. The van der Waals surface area contributed by atoms with E-state index in [-0.39, 0.29) is 17.1 Å². The van der Waals surface area contributed by atoms with Gasteiger partial charge in [0.15, 0.2) is 5.82 Å². The normalized spacial score (nSPS) is 13.6. The van der Waals surface area contributed by atoms with E-state index in [1.807, 2.05) is 0 Å². The van der Waals surface area contributed by atoms with Gasteiger partial charge in [0.25, 0.3) is 0 Å². The quantitative estimate of drug-likeness (QED) is 0.651. The number of aromatic nitrogens is 5. The molecule has 1 N–H and O–H groups in total. The second-order valence-corrected chi connectivity index (χ2v) is 5.82. The van der Waals surface area contributed by atoms with Gasteiger partial charge in [-0.25, -0.2) is 0 Å². The van der Waals surface area contributed by atoms with Gasteiger partial charge in [-0.1, -0.05) is 35.0 Å². The van der Waals surface area contributed by atoms with Crippen LogP contribution in [0.15, 0.2) is 36.5 Å². The summed E-state index contributed by atoms with van der Waals surface area (Å²) >= 11 is 5.96. The molecule has 2 heterocycles. The first-order chi connectivity index (χ1) is 12.6. The largest absolute Gasteiger partial charge is 0.417 e. The molecular weight excluding hydrogens is 400 g/mol. The summed E-state index contributed by atoms with van der Waals surface area (Å²) in [7, 11) is 0. The second-order valence-electron chi connectivity index (χ2n) is 5.42. The molecule has 3 aromatic rings. The van der Waals surface area contributed by atoms with Gasteiger partial charge in [-0.2, -0.15) is 31.6 Å². The molecule has 1 atom stereocenters. The Morgan fingerprint density at radius 2 is 1.67 bits per heavy atom. The number of hydrogen-bond acceptors (Lipinski definition) is 4. The van der Waals surface area contributed by atoms with Crippen molar-refractivity contribution in [2.45, 2.75) is 18.3 Å². The minimum Gasteiger partial charge on any atom is -0.258 e. The van der Waals surface area contributed by atoms with Gasteiger partial charge < -0.3 is 0 Å². The van der Waals surface area contributed by atoms with Gasteiger partial charge in [-0.05, 0) is 17.7 Å². The van der Waals surface area contributed by atoms with Crippen LogP contribution in [0.5, 0.6) is 0 Å². The average Bonchev–Trinajstić information content (AvgIpc) is 3.09. The fourth-order valence-electron chi connectivity index (χ4n) is 2.43. The minimum atomic E-state index is -4.67. The highest BCUT2D eigenvalue weighted by Crippen LogP contribution is 2.38. The van der Waals surface area contributed by atoms with Crippen LogP contribution in [0.2, 0.25) is 5.02 Å². The van der Waals surface area contributed by atoms with Crippen LogP contribution in [-0.2, 0) is 12.4 Å². The number of H-pyrrole nitrogens is 1. The van der Waals surface area contributed by atoms with Crippen LogP contribution < -0.4 is 0 Å². The Morgan fingerprint density at radius 3 is 2.22 bits per heavy atom. The van der Waals surface area contributed by atoms with E-state index in [1.165, 1.54) is 6.07 Å². The fraction of sp³-hybridized carbons (Fsp3) is 0.200. The van der Waals surface area contributed by atoms with Crippen molar-refractivity contribution >= 4 is 11.6 Å². The van der Waals surface area contributed by atoms with Gasteiger partial charge in [0.2, 0.25) is 0 Å². The Hall–Kier alpha value is -2.69. The van der Waals surface area contributed by atoms with Gasteiger partial charge in [0.1, 0.15) is 0 Å². The summed E-state index contributed by atoms with van der Waals surface area (Å²) in [6.07, 6.45) is -8.75. The average molecular weight is 408 g/mol. The molecule has 0 fully saturated rings. The predicted octanol–water partition coefficient (Wildman–Crippen LogP) is 4.47. The smallest absolute Gasteiger partial charge is 0.258 e. The summed E-state index contributed by atoms with van der Waals surface area (Å²) in [4.78, 5) is 3.71. The van der Waals surface area contributed by atoms with Crippen molar-refractivity contribution in [2.24, 2.45) is 0 Å². The van der Waals surface area contributed by atoms with Crippen molar-refractivity contribution in [3.63, 3.8) is 0 Å². The summed E-state index contributed by atoms with van der Waals surface area (Å²) in [5, 5.41) is 12.5. The molecule has 0 aliphatic rings. The van der Waals surface area contributed by atoms with E-state index in [0.29, 0.717) is 12.3 Å². The third kappa shape index (κ3) is 4.02. The van der Waals surface area contributed by atoms with E-state index >= 15 is 0 Å². The molecule has 2 aromatic heterocycles. The number of rotatable bonds is 3. The Morgan fingerprint density at radius 1 is 0.963 bits per heavy atom. The number of pyridine rings is 1. The molecule has 0 saturated carbocycles. The molecule has 0 amide bonds. The number of tetrazole rings is 1. The molecule has 0 bridgehead atoms. The third-order valence-electron chi connectivity index (χ3n) is 3.64. The molecule has 0 radical (unpaired) electrons. The molecule has 5 nitrogen and oxygen atoms in total. The zero-order valence-electron chi connectivity index (χ0n) is 13.0. The minimum absolute atomic E-state index is 0.0420. The second kappa shape index (κ2) is 6.80.